The minimum Gasteiger partial charge on any atom is -0.369 e. The highest BCUT2D eigenvalue weighted by molar-refractivity contribution is 5.01. The van der Waals surface area contributed by atoms with E-state index in [9.17, 15) is 0 Å². The van der Waals surface area contributed by atoms with Gasteiger partial charge in [-0.2, -0.15) is 0 Å². The molecule has 2 atom stereocenters. The minimum absolute atomic E-state index is 0.0294. The van der Waals surface area contributed by atoms with Gasteiger partial charge < -0.3 is 4.74 Å². The summed E-state index contributed by atoms with van der Waals surface area (Å²) in [6.45, 7) is 13.6. The van der Waals surface area contributed by atoms with Crippen LogP contribution in [0.4, 0.5) is 0 Å². The summed E-state index contributed by atoms with van der Waals surface area (Å²) >= 11 is 0. The van der Waals surface area contributed by atoms with Crippen LogP contribution in [0, 0.1) is 23.7 Å². The number of ether oxygens (including phenoxy) is 1. The Labute approximate surface area is 131 Å². The summed E-state index contributed by atoms with van der Waals surface area (Å²) in [5.74, 6) is 8.91. The minimum atomic E-state index is -0.0879. The molecular weight excluding hydrogens is 260 g/mol. The predicted octanol–water partition coefficient (Wildman–Crippen LogP) is 3.87. The molecule has 0 aromatic carbocycles. The number of hydrogen-bond donors (Lipinski definition) is 2. The van der Waals surface area contributed by atoms with Crippen molar-refractivity contribution in [2.24, 2.45) is 29.5 Å². The van der Waals surface area contributed by atoms with Gasteiger partial charge in [0.2, 0.25) is 0 Å². The third-order valence-electron chi connectivity index (χ3n) is 6.04. The average molecular weight is 296 g/mol. The van der Waals surface area contributed by atoms with Crippen molar-refractivity contribution in [2.45, 2.75) is 90.9 Å². The maximum Gasteiger partial charge on any atom is 0.0678 e. The Morgan fingerprint density at radius 1 is 1.00 bits per heavy atom. The molecule has 2 fully saturated rings. The van der Waals surface area contributed by atoms with Crippen molar-refractivity contribution in [3.63, 3.8) is 0 Å². The van der Waals surface area contributed by atoms with Crippen molar-refractivity contribution in [1.82, 2.24) is 5.43 Å². The molecule has 1 saturated heterocycles. The molecule has 3 heteroatoms. The maximum absolute atomic E-state index is 6.29. The highest BCUT2D eigenvalue weighted by Crippen LogP contribution is 2.47. The van der Waals surface area contributed by atoms with Crippen LogP contribution >= 0.6 is 0 Å². The third-order valence-corrected chi connectivity index (χ3v) is 6.04. The van der Waals surface area contributed by atoms with Gasteiger partial charge in [0.05, 0.1) is 11.2 Å². The second kappa shape index (κ2) is 6.17. The van der Waals surface area contributed by atoms with Gasteiger partial charge in [0.25, 0.3) is 0 Å². The van der Waals surface area contributed by atoms with Crippen LogP contribution < -0.4 is 11.3 Å². The summed E-state index contributed by atoms with van der Waals surface area (Å²) in [4.78, 5) is 0. The van der Waals surface area contributed by atoms with E-state index in [-0.39, 0.29) is 11.2 Å². The second-order valence-corrected chi connectivity index (χ2v) is 8.89. The summed E-state index contributed by atoms with van der Waals surface area (Å²) in [5.41, 5.74) is 3.05. The average Bonchev–Trinajstić information content (AvgIpc) is 2.59. The highest BCUT2D eigenvalue weighted by Gasteiger charge is 2.50. The first kappa shape index (κ1) is 17.2. The molecule has 1 aliphatic heterocycles. The van der Waals surface area contributed by atoms with Crippen molar-refractivity contribution in [1.29, 1.82) is 0 Å². The molecule has 0 aromatic rings. The molecule has 1 saturated carbocycles. The molecule has 0 radical (unpaired) electrons. The van der Waals surface area contributed by atoms with E-state index in [1.54, 1.807) is 0 Å². The first-order valence-corrected chi connectivity index (χ1v) is 8.82. The van der Waals surface area contributed by atoms with E-state index in [1.165, 1.54) is 25.7 Å². The first-order valence-electron chi connectivity index (χ1n) is 8.82. The standard InChI is InChI=1S/C18H36N2O/c1-12(2)13-7-9-14(10-8-13)16(20-19)15-11-17(3,4)21-18(15,5)6/h12-16,20H,7-11,19H2,1-6H3. The zero-order valence-electron chi connectivity index (χ0n) is 14.9. The van der Waals surface area contributed by atoms with Gasteiger partial charge in [-0.25, -0.2) is 0 Å². The van der Waals surface area contributed by atoms with Gasteiger partial charge in [-0.1, -0.05) is 13.8 Å². The second-order valence-electron chi connectivity index (χ2n) is 8.89. The summed E-state index contributed by atoms with van der Waals surface area (Å²) in [7, 11) is 0. The Balaban J connectivity index is 2.04. The zero-order valence-corrected chi connectivity index (χ0v) is 14.9. The molecule has 3 nitrogen and oxygen atoms in total. The van der Waals surface area contributed by atoms with Crippen molar-refractivity contribution < 1.29 is 4.74 Å². The molecule has 0 bridgehead atoms. The quantitative estimate of drug-likeness (QED) is 0.611. The van der Waals surface area contributed by atoms with Gasteiger partial charge in [-0.05, 0) is 77.6 Å². The summed E-state index contributed by atoms with van der Waals surface area (Å²) in [5, 5.41) is 0. The number of hydrazine groups is 1. The molecule has 2 unspecified atom stereocenters. The van der Waals surface area contributed by atoms with Crippen LogP contribution in [0.2, 0.25) is 0 Å². The molecular formula is C18H36N2O. The van der Waals surface area contributed by atoms with E-state index < -0.39 is 0 Å². The van der Waals surface area contributed by atoms with Gasteiger partial charge in [-0.3, -0.25) is 11.3 Å². The fourth-order valence-corrected chi connectivity index (χ4v) is 4.92. The molecule has 3 N–H and O–H groups in total. The van der Waals surface area contributed by atoms with E-state index in [1.807, 2.05) is 0 Å². The van der Waals surface area contributed by atoms with Crippen molar-refractivity contribution in [2.75, 3.05) is 0 Å². The Morgan fingerprint density at radius 2 is 1.52 bits per heavy atom. The summed E-state index contributed by atoms with van der Waals surface area (Å²) in [6, 6.07) is 0.384. The number of rotatable bonds is 4. The Hall–Kier alpha value is -0.120. The largest absolute Gasteiger partial charge is 0.369 e. The molecule has 21 heavy (non-hydrogen) atoms. The smallest absolute Gasteiger partial charge is 0.0678 e. The fourth-order valence-electron chi connectivity index (χ4n) is 4.92. The topological polar surface area (TPSA) is 47.3 Å². The highest BCUT2D eigenvalue weighted by atomic mass is 16.5. The van der Waals surface area contributed by atoms with Gasteiger partial charge in [0, 0.05) is 12.0 Å². The molecule has 0 amide bonds. The molecule has 0 aromatic heterocycles. The van der Waals surface area contributed by atoms with Crippen LogP contribution in [0.25, 0.3) is 0 Å². The molecule has 124 valence electrons. The SMILES string of the molecule is CC(C)C1CCC(C(NN)C2CC(C)(C)OC2(C)C)CC1. The van der Waals surface area contributed by atoms with Gasteiger partial charge in [-0.15, -0.1) is 0 Å². The van der Waals surface area contributed by atoms with Crippen LogP contribution in [0.15, 0.2) is 0 Å². The molecule has 2 aliphatic rings. The number of hydrogen-bond acceptors (Lipinski definition) is 3. The van der Waals surface area contributed by atoms with E-state index >= 15 is 0 Å². The monoisotopic (exact) mass is 296 g/mol. The number of nitrogens with one attached hydrogen (secondary N) is 1. The van der Waals surface area contributed by atoms with Gasteiger partial charge >= 0.3 is 0 Å². The van der Waals surface area contributed by atoms with Crippen molar-refractivity contribution >= 4 is 0 Å². The lowest BCUT2D eigenvalue weighted by Gasteiger charge is -2.40. The van der Waals surface area contributed by atoms with Crippen LogP contribution in [0.3, 0.4) is 0 Å². The van der Waals surface area contributed by atoms with E-state index in [4.69, 9.17) is 10.6 Å². The Bertz CT molecular complexity index is 343. The Kier molecular flexibility index (Phi) is 5.07. The van der Waals surface area contributed by atoms with E-state index in [0.29, 0.717) is 17.9 Å². The Morgan fingerprint density at radius 3 is 1.90 bits per heavy atom. The molecule has 1 heterocycles. The summed E-state index contributed by atoms with van der Waals surface area (Å²) < 4.78 is 6.29. The maximum atomic E-state index is 6.29. The van der Waals surface area contributed by atoms with Crippen LogP contribution in [0.1, 0.15) is 73.6 Å². The summed E-state index contributed by atoms with van der Waals surface area (Å²) in [6.07, 6.45) is 6.43. The lowest BCUT2D eigenvalue weighted by molar-refractivity contribution is -0.0805. The normalized spacial score (nSPS) is 36.9. The van der Waals surface area contributed by atoms with Crippen LogP contribution in [-0.4, -0.2) is 17.2 Å². The lowest BCUT2D eigenvalue weighted by Crippen LogP contribution is -2.52. The lowest BCUT2D eigenvalue weighted by atomic mass is 9.69. The van der Waals surface area contributed by atoms with Crippen molar-refractivity contribution in [3.05, 3.63) is 0 Å². The van der Waals surface area contributed by atoms with Crippen LogP contribution in [0.5, 0.6) is 0 Å². The first-order chi connectivity index (χ1) is 9.66. The number of nitrogens with two attached hydrogens (primary N) is 1. The van der Waals surface area contributed by atoms with Gasteiger partial charge in [0.15, 0.2) is 0 Å². The molecule has 1 aliphatic carbocycles. The molecule has 2 rings (SSSR count). The van der Waals surface area contributed by atoms with Crippen LogP contribution in [-0.2, 0) is 4.74 Å². The zero-order chi connectivity index (χ0) is 15.8. The third kappa shape index (κ3) is 3.80. The van der Waals surface area contributed by atoms with Crippen molar-refractivity contribution in [3.8, 4) is 0 Å². The fraction of sp³-hybridized carbons (Fsp3) is 1.00. The van der Waals surface area contributed by atoms with E-state index in [2.05, 4.69) is 47.0 Å². The predicted molar refractivity (Wildman–Crippen MR) is 88.7 cm³/mol. The van der Waals surface area contributed by atoms with E-state index in [0.717, 1.165) is 18.3 Å². The molecule has 0 spiro atoms. The van der Waals surface area contributed by atoms with Gasteiger partial charge in [0.1, 0.15) is 0 Å².